The van der Waals surface area contributed by atoms with Crippen molar-refractivity contribution in [3.63, 3.8) is 0 Å². The molecular formula is C22H33N3O. The number of amides is 1. The van der Waals surface area contributed by atoms with Crippen molar-refractivity contribution in [3.05, 3.63) is 53.6 Å². The van der Waals surface area contributed by atoms with Gasteiger partial charge in [0, 0.05) is 25.3 Å². The maximum absolute atomic E-state index is 12.1. The Labute approximate surface area is 158 Å². The molecule has 2 rings (SSSR count). The Morgan fingerprint density at radius 2 is 2.08 bits per heavy atom. The summed E-state index contributed by atoms with van der Waals surface area (Å²) in [7, 11) is 0. The van der Waals surface area contributed by atoms with Gasteiger partial charge in [0.2, 0.25) is 5.91 Å². The minimum absolute atomic E-state index is 0.00764. The van der Waals surface area contributed by atoms with E-state index in [9.17, 15) is 4.79 Å². The number of nitrogens with one attached hydrogen (secondary N) is 2. The highest BCUT2D eigenvalue weighted by Gasteiger charge is 2.09. The van der Waals surface area contributed by atoms with Crippen LogP contribution in [-0.2, 0) is 4.79 Å². The van der Waals surface area contributed by atoms with Crippen LogP contribution >= 0.6 is 0 Å². The van der Waals surface area contributed by atoms with E-state index in [0.717, 1.165) is 50.3 Å². The van der Waals surface area contributed by atoms with E-state index in [0.29, 0.717) is 12.5 Å². The summed E-state index contributed by atoms with van der Waals surface area (Å²) >= 11 is 0. The SMILES string of the molecule is CCCN(CCNCC(=O)Nc1ccccc1C)CC1=CC[C@@H](C)C=C1. The molecule has 1 aromatic rings. The first-order valence-electron chi connectivity index (χ1n) is 9.74. The van der Waals surface area contributed by atoms with Gasteiger partial charge in [0.05, 0.1) is 6.54 Å². The molecule has 0 spiro atoms. The molecule has 26 heavy (non-hydrogen) atoms. The highest BCUT2D eigenvalue weighted by molar-refractivity contribution is 5.92. The minimum Gasteiger partial charge on any atom is -0.325 e. The highest BCUT2D eigenvalue weighted by atomic mass is 16.1. The fourth-order valence-corrected chi connectivity index (χ4v) is 3.08. The lowest BCUT2D eigenvalue weighted by Gasteiger charge is -2.24. The summed E-state index contributed by atoms with van der Waals surface area (Å²) < 4.78 is 0. The van der Waals surface area contributed by atoms with Gasteiger partial charge in [-0.05, 0) is 49.4 Å². The van der Waals surface area contributed by atoms with Crippen LogP contribution in [0.15, 0.2) is 48.1 Å². The smallest absolute Gasteiger partial charge is 0.238 e. The molecule has 1 amide bonds. The minimum atomic E-state index is 0.00764. The third-order valence-electron chi connectivity index (χ3n) is 4.65. The molecule has 0 heterocycles. The number of hydrogen-bond acceptors (Lipinski definition) is 3. The monoisotopic (exact) mass is 355 g/mol. The van der Waals surface area contributed by atoms with Crippen molar-refractivity contribution in [1.29, 1.82) is 0 Å². The fourth-order valence-electron chi connectivity index (χ4n) is 3.08. The van der Waals surface area contributed by atoms with Crippen molar-refractivity contribution in [2.75, 3.05) is 38.0 Å². The quantitative estimate of drug-likeness (QED) is 0.628. The van der Waals surface area contributed by atoms with E-state index in [1.165, 1.54) is 5.57 Å². The van der Waals surface area contributed by atoms with Crippen molar-refractivity contribution >= 4 is 11.6 Å². The third kappa shape index (κ3) is 7.14. The molecule has 0 unspecified atom stereocenters. The summed E-state index contributed by atoms with van der Waals surface area (Å²) in [6.45, 7) is 10.6. The average molecular weight is 356 g/mol. The van der Waals surface area contributed by atoms with Crippen LogP contribution in [0.5, 0.6) is 0 Å². The zero-order valence-electron chi connectivity index (χ0n) is 16.4. The number of aryl methyl sites for hydroxylation is 1. The number of nitrogens with zero attached hydrogens (tertiary/aromatic N) is 1. The normalized spacial score (nSPS) is 16.6. The number of para-hydroxylation sites is 1. The first kappa shape index (κ1) is 20.4. The lowest BCUT2D eigenvalue weighted by atomic mass is 9.98. The van der Waals surface area contributed by atoms with E-state index in [-0.39, 0.29) is 5.91 Å². The van der Waals surface area contributed by atoms with Gasteiger partial charge in [-0.25, -0.2) is 0 Å². The lowest BCUT2D eigenvalue weighted by Crippen LogP contribution is -2.37. The van der Waals surface area contributed by atoms with Gasteiger partial charge in [-0.2, -0.15) is 0 Å². The van der Waals surface area contributed by atoms with Gasteiger partial charge in [-0.1, -0.05) is 50.3 Å². The molecular weight excluding hydrogens is 322 g/mol. The molecule has 0 saturated heterocycles. The van der Waals surface area contributed by atoms with E-state index in [1.807, 2.05) is 31.2 Å². The molecule has 0 bridgehead atoms. The Bertz CT molecular complexity index is 636. The molecule has 142 valence electrons. The molecule has 1 aromatic carbocycles. The number of benzene rings is 1. The summed E-state index contributed by atoms with van der Waals surface area (Å²) in [5.74, 6) is 0.667. The molecule has 0 aliphatic heterocycles. The van der Waals surface area contributed by atoms with Gasteiger partial charge in [-0.15, -0.1) is 0 Å². The first-order valence-corrected chi connectivity index (χ1v) is 9.74. The predicted octanol–water partition coefficient (Wildman–Crippen LogP) is 3.76. The summed E-state index contributed by atoms with van der Waals surface area (Å²) in [5, 5.41) is 6.23. The highest BCUT2D eigenvalue weighted by Crippen LogP contribution is 2.16. The van der Waals surface area contributed by atoms with E-state index in [1.54, 1.807) is 0 Å². The Morgan fingerprint density at radius 1 is 1.27 bits per heavy atom. The Hall–Kier alpha value is -1.91. The van der Waals surface area contributed by atoms with Crippen molar-refractivity contribution in [2.45, 2.75) is 33.6 Å². The van der Waals surface area contributed by atoms with Crippen LogP contribution in [0.4, 0.5) is 5.69 Å². The van der Waals surface area contributed by atoms with Crippen LogP contribution in [0, 0.1) is 12.8 Å². The summed E-state index contributed by atoms with van der Waals surface area (Å²) in [6.07, 6.45) is 9.20. The average Bonchev–Trinajstić information content (AvgIpc) is 2.63. The second kappa shape index (κ2) is 10.9. The van der Waals surface area contributed by atoms with Gasteiger partial charge in [0.15, 0.2) is 0 Å². The van der Waals surface area contributed by atoms with Crippen molar-refractivity contribution in [1.82, 2.24) is 10.2 Å². The maximum Gasteiger partial charge on any atom is 0.238 e. The van der Waals surface area contributed by atoms with Crippen LogP contribution < -0.4 is 10.6 Å². The van der Waals surface area contributed by atoms with Gasteiger partial charge in [0.1, 0.15) is 0 Å². The predicted molar refractivity (Wildman–Crippen MR) is 110 cm³/mol. The van der Waals surface area contributed by atoms with Crippen LogP contribution in [0.3, 0.4) is 0 Å². The summed E-state index contributed by atoms with van der Waals surface area (Å²) in [5.41, 5.74) is 3.38. The van der Waals surface area contributed by atoms with Gasteiger partial charge in [0.25, 0.3) is 0 Å². The number of carbonyl (C=O) groups is 1. The number of anilines is 1. The van der Waals surface area contributed by atoms with E-state index in [2.05, 4.69) is 47.6 Å². The Kier molecular flexibility index (Phi) is 8.59. The number of carbonyl (C=O) groups excluding carboxylic acids is 1. The topological polar surface area (TPSA) is 44.4 Å². The summed E-state index contributed by atoms with van der Waals surface area (Å²) in [6, 6.07) is 7.85. The lowest BCUT2D eigenvalue weighted by molar-refractivity contribution is -0.115. The molecule has 0 saturated carbocycles. The van der Waals surface area contributed by atoms with Crippen molar-refractivity contribution < 1.29 is 4.79 Å². The van der Waals surface area contributed by atoms with Crippen molar-refractivity contribution in [2.24, 2.45) is 5.92 Å². The van der Waals surface area contributed by atoms with Crippen LogP contribution in [0.2, 0.25) is 0 Å². The van der Waals surface area contributed by atoms with Crippen LogP contribution in [0.1, 0.15) is 32.3 Å². The van der Waals surface area contributed by atoms with Gasteiger partial charge < -0.3 is 10.6 Å². The zero-order chi connectivity index (χ0) is 18.8. The Morgan fingerprint density at radius 3 is 2.77 bits per heavy atom. The zero-order valence-corrected chi connectivity index (χ0v) is 16.4. The molecule has 4 nitrogen and oxygen atoms in total. The van der Waals surface area contributed by atoms with Crippen molar-refractivity contribution in [3.8, 4) is 0 Å². The van der Waals surface area contributed by atoms with E-state index in [4.69, 9.17) is 0 Å². The molecule has 1 atom stereocenters. The molecule has 0 radical (unpaired) electrons. The Balaban J connectivity index is 1.69. The molecule has 4 heteroatoms. The summed E-state index contributed by atoms with van der Waals surface area (Å²) in [4.78, 5) is 14.5. The number of hydrogen-bond donors (Lipinski definition) is 2. The second-order valence-electron chi connectivity index (χ2n) is 7.17. The number of rotatable bonds is 10. The molecule has 0 aromatic heterocycles. The fraction of sp³-hybridized carbons (Fsp3) is 0.500. The molecule has 1 aliphatic rings. The third-order valence-corrected chi connectivity index (χ3v) is 4.65. The first-order chi connectivity index (χ1) is 12.6. The second-order valence-corrected chi connectivity index (χ2v) is 7.17. The number of allylic oxidation sites excluding steroid dienone is 2. The van der Waals surface area contributed by atoms with E-state index < -0.39 is 0 Å². The van der Waals surface area contributed by atoms with Crippen LogP contribution in [-0.4, -0.2) is 43.5 Å². The van der Waals surface area contributed by atoms with E-state index >= 15 is 0 Å². The van der Waals surface area contributed by atoms with Gasteiger partial charge in [-0.3, -0.25) is 9.69 Å². The van der Waals surface area contributed by atoms with Gasteiger partial charge >= 0.3 is 0 Å². The largest absolute Gasteiger partial charge is 0.325 e. The molecule has 1 aliphatic carbocycles. The molecule has 2 N–H and O–H groups in total. The maximum atomic E-state index is 12.1. The van der Waals surface area contributed by atoms with Crippen LogP contribution in [0.25, 0.3) is 0 Å². The standard InChI is InChI=1S/C22H33N3O/c1-4-14-25(17-20-11-9-18(2)10-12-20)15-13-23-16-22(26)24-21-8-6-5-7-19(21)3/h5-9,11-12,18,23H,4,10,13-17H2,1-3H3,(H,24,26)/t18-/m0/s1. The molecule has 0 fully saturated rings.